The summed E-state index contributed by atoms with van der Waals surface area (Å²) in [4.78, 5) is 26.8. The van der Waals surface area contributed by atoms with Crippen molar-refractivity contribution in [3.63, 3.8) is 0 Å². The number of amides is 1. The number of aryl methyl sites for hydroxylation is 1. The molecule has 0 spiro atoms. The molecular formula is C23H32N2O5. The molecule has 2 saturated heterocycles. The second-order valence-corrected chi connectivity index (χ2v) is 8.81. The number of hydrogen-bond donors (Lipinski definition) is 2. The number of nitrogens with zero attached hydrogens (tertiary/aromatic N) is 1. The van der Waals surface area contributed by atoms with Gasteiger partial charge < -0.3 is 24.8 Å². The number of fused-ring (bicyclic) bond motifs is 1. The molecule has 1 amide bonds. The molecule has 4 rings (SSSR count). The number of carboxylic acids is 1. The standard InChI is InChI=1S/C23H32N2O5/c1-15(22(26)25-19-9-5-8-17(19)12-20(25)23(27)28)24-18(21-13-29-14-30-21)11-10-16-6-3-2-4-7-16/h2-4,6-7,15,17-21,24H,5,8-14H2,1H3,(H,27,28)/t15?,17-,18?,19-,20-,21?/m0/s1. The Morgan fingerprint density at radius 2 is 2.07 bits per heavy atom. The lowest BCUT2D eigenvalue weighted by atomic mass is 10.00. The van der Waals surface area contributed by atoms with Crippen LogP contribution in [-0.4, -0.2) is 65.6 Å². The SMILES string of the molecule is CC(NC(CCc1ccccc1)C1COCO1)C(=O)N1[C@H](C(=O)O)C[C@@H]2CCC[C@@H]21. The third-order valence-corrected chi connectivity index (χ3v) is 6.90. The smallest absolute Gasteiger partial charge is 0.326 e. The molecule has 7 nitrogen and oxygen atoms in total. The largest absolute Gasteiger partial charge is 0.480 e. The lowest BCUT2D eigenvalue weighted by molar-refractivity contribution is -0.150. The second kappa shape index (κ2) is 9.45. The minimum absolute atomic E-state index is 0.0445. The molecule has 1 aromatic carbocycles. The number of carboxylic acid groups (broad SMARTS) is 1. The summed E-state index contributed by atoms with van der Waals surface area (Å²) < 4.78 is 11.1. The molecule has 2 aliphatic heterocycles. The van der Waals surface area contributed by atoms with E-state index in [1.54, 1.807) is 4.90 Å². The van der Waals surface area contributed by atoms with E-state index in [0.29, 0.717) is 18.9 Å². The molecule has 3 unspecified atom stereocenters. The van der Waals surface area contributed by atoms with Crippen LogP contribution in [0.5, 0.6) is 0 Å². The zero-order valence-corrected chi connectivity index (χ0v) is 17.5. The van der Waals surface area contributed by atoms with Gasteiger partial charge in [0, 0.05) is 12.1 Å². The molecule has 1 saturated carbocycles. The van der Waals surface area contributed by atoms with E-state index in [-0.39, 0.29) is 30.9 Å². The molecule has 30 heavy (non-hydrogen) atoms. The highest BCUT2D eigenvalue weighted by molar-refractivity contribution is 5.88. The highest BCUT2D eigenvalue weighted by Crippen LogP contribution is 2.41. The molecule has 2 heterocycles. The Labute approximate surface area is 177 Å². The normalized spacial score (nSPS) is 30.2. The number of aliphatic carboxylic acids is 1. The van der Waals surface area contributed by atoms with Gasteiger partial charge in [-0.15, -0.1) is 0 Å². The first-order valence-corrected chi connectivity index (χ1v) is 11.1. The molecule has 0 bridgehead atoms. The Balaban J connectivity index is 1.43. The highest BCUT2D eigenvalue weighted by Gasteiger charge is 2.49. The zero-order chi connectivity index (χ0) is 21.1. The number of carbonyl (C=O) groups excluding carboxylic acids is 1. The summed E-state index contributed by atoms with van der Waals surface area (Å²) in [6, 6.07) is 9.08. The molecule has 1 aromatic rings. The first kappa shape index (κ1) is 21.3. The predicted molar refractivity (Wildman–Crippen MR) is 111 cm³/mol. The third kappa shape index (κ3) is 4.53. The van der Waals surface area contributed by atoms with Crippen molar-refractivity contribution in [3.8, 4) is 0 Å². The number of rotatable bonds is 8. The van der Waals surface area contributed by atoms with Gasteiger partial charge in [0.2, 0.25) is 5.91 Å². The summed E-state index contributed by atoms with van der Waals surface area (Å²) in [5, 5.41) is 13.1. The molecule has 6 atom stereocenters. The summed E-state index contributed by atoms with van der Waals surface area (Å²) >= 11 is 0. The minimum atomic E-state index is -0.891. The van der Waals surface area contributed by atoms with Gasteiger partial charge in [-0.1, -0.05) is 36.8 Å². The molecule has 0 radical (unpaired) electrons. The molecule has 164 valence electrons. The number of benzene rings is 1. The maximum Gasteiger partial charge on any atom is 0.326 e. The lowest BCUT2D eigenvalue weighted by Gasteiger charge is -2.33. The van der Waals surface area contributed by atoms with Crippen LogP contribution in [-0.2, 0) is 25.5 Å². The van der Waals surface area contributed by atoms with E-state index < -0.39 is 18.1 Å². The molecular weight excluding hydrogens is 384 g/mol. The van der Waals surface area contributed by atoms with Gasteiger partial charge in [0.1, 0.15) is 12.8 Å². The molecule has 2 N–H and O–H groups in total. The van der Waals surface area contributed by atoms with Crippen LogP contribution in [0.2, 0.25) is 0 Å². The fraction of sp³-hybridized carbons (Fsp3) is 0.652. The first-order chi connectivity index (χ1) is 14.5. The van der Waals surface area contributed by atoms with Gasteiger partial charge >= 0.3 is 5.97 Å². The van der Waals surface area contributed by atoms with Crippen molar-refractivity contribution in [2.75, 3.05) is 13.4 Å². The van der Waals surface area contributed by atoms with E-state index in [0.717, 1.165) is 32.1 Å². The zero-order valence-electron chi connectivity index (χ0n) is 17.5. The van der Waals surface area contributed by atoms with Crippen LogP contribution in [0.4, 0.5) is 0 Å². The molecule has 7 heteroatoms. The number of likely N-dealkylation sites (tertiary alicyclic amines) is 1. The quantitative estimate of drug-likeness (QED) is 0.676. The molecule has 3 aliphatic rings. The summed E-state index contributed by atoms with van der Waals surface area (Å²) in [6.45, 7) is 2.61. The summed E-state index contributed by atoms with van der Waals surface area (Å²) in [5.74, 6) is -0.679. The van der Waals surface area contributed by atoms with Crippen molar-refractivity contribution in [1.82, 2.24) is 10.2 Å². The number of hydrogen-bond acceptors (Lipinski definition) is 5. The van der Waals surface area contributed by atoms with Crippen molar-refractivity contribution in [2.45, 2.75) is 75.7 Å². The Morgan fingerprint density at radius 3 is 2.77 bits per heavy atom. The van der Waals surface area contributed by atoms with Crippen molar-refractivity contribution >= 4 is 11.9 Å². The molecule has 0 aromatic heterocycles. The van der Waals surface area contributed by atoms with Crippen LogP contribution in [0.15, 0.2) is 30.3 Å². The Bertz CT molecular complexity index is 736. The van der Waals surface area contributed by atoms with Crippen molar-refractivity contribution in [3.05, 3.63) is 35.9 Å². The molecule has 3 fully saturated rings. The van der Waals surface area contributed by atoms with Crippen molar-refractivity contribution in [2.24, 2.45) is 5.92 Å². The summed E-state index contributed by atoms with van der Waals surface area (Å²) in [5.41, 5.74) is 1.24. The first-order valence-electron chi connectivity index (χ1n) is 11.1. The van der Waals surface area contributed by atoms with Crippen LogP contribution in [0.3, 0.4) is 0 Å². The summed E-state index contributed by atoms with van der Waals surface area (Å²) in [7, 11) is 0. The van der Waals surface area contributed by atoms with E-state index >= 15 is 0 Å². The van der Waals surface area contributed by atoms with Crippen LogP contribution in [0, 0.1) is 5.92 Å². The van der Waals surface area contributed by atoms with Crippen molar-refractivity contribution in [1.29, 1.82) is 0 Å². The number of nitrogens with one attached hydrogen (secondary N) is 1. The summed E-state index contributed by atoms with van der Waals surface area (Å²) in [6.07, 6.45) is 5.14. The van der Waals surface area contributed by atoms with E-state index in [9.17, 15) is 14.7 Å². The van der Waals surface area contributed by atoms with Gasteiger partial charge in [0.05, 0.1) is 18.8 Å². The van der Waals surface area contributed by atoms with Crippen molar-refractivity contribution < 1.29 is 24.2 Å². The Kier molecular flexibility index (Phi) is 6.71. The van der Waals surface area contributed by atoms with Gasteiger partial charge in [0.25, 0.3) is 0 Å². The Morgan fingerprint density at radius 1 is 1.27 bits per heavy atom. The van der Waals surface area contributed by atoms with Crippen LogP contribution < -0.4 is 5.32 Å². The maximum atomic E-state index is 13.4. The second-order valence-electron chi connectivity index (χ2n) is 8.81. The van der Waals surface area contributed by atoms with E-state index in [1.165, 1.54) is 5.56 Å². The Hall–Kier alpha value is -1.96. The van der Waals surface area contributed by atoms with E-state index in [1.807, 2.05) is 25.1 Å². The fourth-order valence-corrected chi connectivity index (χ4v) is 5.37. The highest BCUT2D eigenvalue weighted by atomic mass is 16.7. The predicted octanol–water partition coefficient (Wildman–Crippen LogP) is 2.19. The van der Waals surface area contributed by atoms with Gasteiger partial charge in [-0.2, -0.15) is 0 Å². The van der Waals surface area contributed by atoms with E-state index in [2.05, 4.69) is 17.4 Å². The average Bonchev–Trinajstić information content (AvgIpc) is 3.48. The van der Waals surface area contributed by atoms with Crippen LogP contribution in [0.1, 0.15) is 44.6 Å². The van der Waals surface area contributed by atoms with Crippen LogP contribution in [0.25, 0.3) is 0 Å². The average molecular weight is 417 g/mol. The molecule has 1 aliphatic carbocycles. The van der Waals surface area contributed by atoms with E-state index in [4.69, 9.17) is 9.47 Å². The van der Waals surface area contributed by atoms with Gasteiger partial charge in [-0.3, -0.25) is 4.79 Å². The fourth-order valence-electron chi connectivity index (χ4n) is 5.37. The van der Waals surface area contributed by atoms with Gasteiger partial charge in [0.15, 0.2) is 0 Å². The monoisotopic (exact) mass is 416 g/mol. The minimum Gasteiger partial charge on any atom is -0.480 e. The topological polar surface area (TPSA) is 88.1 Å². The van der Waals surface area contributed by atoms with Gasteiger partial charge in [-0.25, -0.2) is 4.79 Å². The van der Waals surface area contributed by atoms with Gasteiger partial charge in [-0.05, 0) is 50.5 Å². The number of carbonyl (C=O) groups is 2. The third-order valence-electron chi connectivity index (χ3n) is 6.90. The maximum absolute atomic E-state index is 13.4. The number of ether oxygens (including phenoxy) is 2. The lowest BCUT2D eigenvalue weighted by Crippen LogP contribution is -2.56. The van der Waals surface area contributed by atoms with Crippen LogP contribution >= 0.6 is 0 Å².